The minimum absolute atomic E-state index is 0.0661. The number of hydrogen-bond donors (Lipinski definition) is 0. The Morgan fingerprint density at radius 3 is 0.833 bits per heavy atom. The third kappa shape index (κ3) is 52.9. The molecular weight excluding hydrogens is 817 g/mol. The van der Waals surface area contributed by atoms with Gasteiger partial charge in [-0.25, -0.2) is 0 Å². The van der Waals surface area contributed by atoms with Crippen molar-refractivity contribution in [2.75, 3.05) is 13.2 Å². The molecule has 0 aliphatic heterocycles. The largest absolute Gasteiger partial charge is 0.462 e. The molecule has 0 N–H and O–H groups in total. The minimum Gasteiger partial charge on any atom is -0.462 e. The van der Waals surface area contributed by atoms with E-state index < -0.39 is 6.10 Å². The summed E-state index contributed by atoms with van der Waals surface area (Å²) in [4.78, 5) is 37.8. The average molecular weight is 930 g/mol. The SMILES string of the molecule is CCCCCCC/C=C\C/C=C\CCCCCCCCCCCCCCCCCC(=O)OCC(COC(=O)CCCCCCCC)OC(=O)CCCCCCCCCCCCCCCCC. The van der Waals surface area contributed by atoms with Crippen molar-refractivity contribution in [1.29, 1.82) is 0 Å². The number of carbonyl (C=O) groups excluding carboxylic acids is 3. The Balaban J connectivity index is 4.02. The molecule has 0 radical (unpaired) electrons. The molecule has 0 aromatic carbocycles. The molecule has 0 saturated carbocycles. The Morgan fingerprint density at radius 2 is 0.545 bits per heavy atom. The van der Waals surface area contributed by atoms with Crippen molar-refractivity contribution in [2.45, 2.75) is 329 Å². The Hall–Kier alpha value is -2.11. The Morgan fingerprint density at radius 1 is 0.303 bits per heavy atom. The highest BCUT2D eigenvalue weighted by Gasteiger charge is 2.19. The summed E-state index contributed by atoms with van der Waals surface area (Å²) < 4.78 is 16.8. The lowest BCUT2D eigenvalue weighted by molar-refractivity contribution is -0.167. The summed E-state index contributed by atoms with van der Waals surface area (Å²) in [6, 6.07) is 0. The fourth-order valence-electron chi connectivity index (χ4n) is 8.77. The first-order chi connectivity index (χ1) is 32.5. The van der Waals surface area contributed by atoms with Gasteiger partial charge in [-0.2, -0.15) is 0 Å². The van der Waals surface area contributed by atoms with Crippen LogP contribution in [0.1, 0.15) is 323 Å². The number of carbonyl (C=O) groups is 3. The molecule has 0 amide bonds. The molecule has 0 aromatic rings. The first-order valence-corrected chi connectivity index (χ1v) is 29.3. The minimum atomic E-state index is -0.763. The van der Waals surface area contributed by atoms with Gasteiger partial charge in [-0.3, -0.25) is 14.4 Å². The van der Waals surface area contributed by atoms with Gasteiger partial charge in [0.2, 0.25) is 0 Å². The van der Waals surface area contributed by atoms with Gasteiger partial charge in [-0.1, -0.05) is 276 Å². The molecule has 66 heavy (non-hydrogen) atoms. The first kappa shape index (κ1) is 63.9. The molecule has 0 aliphatic carbocycles. The number of hydrogen-bond acceptors (Lipinski definition) is 6. The fraction of sp³-hybridized carbons (Fsp3) is 0.883. The number of rotatable bonds is 54. The highest BCUT2D eigenvalue weighted by molar-refractivity contribution is 5.71. The fourth-order valence-corrected chi connectivity index (χ4v) is 8.77. The molecule has 0 bridgehead atoms. The van der Waals surface area contributed by atoms with E-state index in [-0.39, 0.29) is 31.1 Å². The Labute approximate surface area is 411 Å². The van der Waals surface area contributed by atoms with Crippen LogP contribution in [0.25, 0.3) is 0 Å². The standard InChI is InChI=1S/C60H112O6/c1-4-7-10-13-16-18-20-22-24-25-26-27-28-29-30-31-32-33-34-35-37-38-40-42-44-47-50-53-59(62)65-56-57(55-64-58(61)52-49-46-15-12-9-6-3)66-60(63)54-51-48-45-43-41-39-36-23-21-19-17-14-11-8-5-2/h20,22,25-26,57H,4-19,21,23-24,27-56H2,1-3H3/b22-20-,26-25-. The molecule has 6 nitrogen and oxygen atoms in total. The molecule has 6 heteroatoms. The van der Waals surface area contributed by atoms with E-state index in [9.17, 15) is 14.4 Å². The highest BCUT2D eigenvalue weighted by Crippen LogP contribution is 2.17. The Kier molecular flexibility index (Phi) is 53.7. The maximum Gasteiger partial charge on any atom is 0.306 e. The van der Waals surface area contributed by atoms with Crippen molar-refractivity contribution in [3.05, 3.63) is 24.3 Å². The van der Waals surface area contributed by atoms with E-state index in [0.29, 0.717) is 19.3 Å². The van der Waals surface area contributed by atoms with E-state index in [2.05, 4.69) is 45.1 Å². The zero-order chi connectivity index (χ0) is 47.9. The second-order valence-corrected chi connectivity index (χ2v) is 19.9. The van der Waals surface area contributed by atoms with Crippen LogP contribution in [-0.2, 0) is 28.6 Å². The molecule has 388 valence electrons. The topological polar surface area (TPSA) is 78.9 Å². The van der Waals surface area contributed by atoms with Crippen LogP contribution in [-0.4, -0.2) is 37.2 Å². The van der Waals surface area contributed by atoms with Gasteiger partial charge in [0.25, 0.3) is 0 Å². The second kappa shape index (κ2) is 55.5. The van der Waals surface area contributed by atoms with Crippen molar-refractivity contribution in [3.8, 4) is 0 Å². The normalized spacial score (nSPS) is 12.1. The first-order valence-electron chi connectivity index (χ1n) is 29.3. The van der Waals surface area contributed by atoms with Crippen molar-refractivity contribution < 1.29 is 28.6 Å². The third-order valence-corrected chi connectivity index (χ3v) is 13.2. The second-order valence-electron chi connectivity index (χ2n) is 19.9. The summed E-state index contributed by atoms with van der Waals surface area (Å²) in [7, 11) is 0. The number of unbranched alkanes of at least 4 members (excludes halogenated alkanes) is 39. The van der Waals surface area contributed by atoms with Gasteiger partial charge in [0, 0.05) is 19.3 Å². The van der Waals surface area contributed by atoms with Crippen LogP contribution < -0.4 is 0 Å². The van der Waals surface area contributed by atoms with E-state index in [1.54, 1.807) is 0 Å². The predicted octanol–water partition coefficient (Wildman–Crippen LogP) is 19.5. The van der Waals surface area contributed by atoms with Gasteiger partial charge in [0.15, 0.2) is 6.10 Å². The monoisotopic (exact) mass is 929 g/mol. The maximum atomic E-state index is 12.8. The molecule has 0 spiro atoms. The van der Waals surface area contributed by atoms with E-state index >= 15 is 0 Å². The van der Waals surface area contributed by atoms with Gasteiger partial charge in [0.05, 0.1) is 0 Å². The quantitative estimate of drug-likeness (QED) is 0.0262. The summed E-state index contributed by atoms with van der Waals surface area (Å²) in [5.74, 6) is -0.857. The van der Waals surface area contributed by atoms with E-state index in [0.717, 1.165) is 64.2 Å². The van der Waals surface area contributed by atoms with Crippen molar-refractivity contribution in [3.63, 3.8) is 0 Å². The van der Waals surface area contributed by atoms with E-state index in [1.165, 1.54) is 218 Å². The van der Waals surface area contributed by atoms with Gasteiger partial charge >= 0.3 is 17.9 Å². The van der Waals surface area contributed by atoms with Crippen LogP contribution in [0.4, 0.5) is 0 Å². The molecular formula is C60H112O6. The molecule has 0 aromatic heterocycles. The highest BCUT2D eigenvalue weighted by atomic mass is 16.6. The Bertz CT molecular complexity index is 1070. The predicted molar refractivity (Wildman–Crippen MR) is 284 cm³/mol. The van der Waals surface area contributed by atoms with Crippen LogP contribution in [0.3, 0.4) is 0 Å². The van der Waals surface area contributed by atoms with Crippen molar-refractivity contribution >= 4 is 17.9 Å². The lowest BCUT2D eigenvalue weighted by atomic mass is 10.0. The molecule has 0 aliphatic rings. The smallest absolute Gasteiger partial charge is 0.306 e. The van der Waals surface area contributed by atoms with Gasteiger partial charge in [-0.05, 0) is 51.4 Å². The average Bonchev–Trinajstić information content (AvgIpc) is 3.31. The molecule has 0 rings (SSSR count). The molecule has 0 saturated heterocycles. The van der Waals surface area contributed by atoms with Crippen LogP contribution >= 0.6 is 0 Å². The van der Waals surface area contributed by atoms with Crippen LogP contribution in [0.5, 0.6) is 0 Å². The zero-order valence-corrected chi connectivity index (χ0v) is 44.5. The number of allylic oxidation sites excluding steroid dienone is 4. The van der Waals surface area contributed by atoms with Crippen LogP contribution in [0, 0.1) is 0 Å². The molecule has 0 fully saturated rings. The molecule has 1 unspecified atom stereocenters. The van der Waals surface area contributed by atoms with Crippen molar-refractivity contribution in [2.24, 2.45) is 0 Å². The van der Waals surface area contributed by atoms with Crippen molar-refractivity contribution in [1.82, 2.24) is 0 Å². The lowest BCUT2D eigenvalue weighted by Gasteiger charge is -2.18. The van der Waals surface area contributed by atoms with Crippen LogP contribution in [0.2, 0.25) is 0 Å². The zero-order valence-electron chi connectivity index (χ0n) is 44.5. The van der Waals surface area contributed by atoms with Crippen LogP contribution in [0.15, 0.2) is 24.3 Å². The molecule has 0 heterocycles. The summed E-state index contributed by atoms with van der Waals surface area (Å²) in [6.45, 7) is 6.61. The number of ether oxygens (including phenoxy) is 3. The summed E-state index contributed by atoms with van der Waals surface area (Å²) in [5, 5.41) is 0. The molecule has 1 atom stereocenters. The van der Waals surface area contributed by atoms with Gasteiger partial charge < -0.3 is 14.2 Å². The summed E-state index contributed by atoms with van der Waals surface area (Å²) in [5.41, 5.74) is 0. The number of esters is 3. The van der Waals surface area contributed by atoms with E-state index in [4.69, 9.17) is 14.2 Å². The lowest BCUT2D eigenvalue weighted by Crippen LogP contribution is -2.30. The van der Waals surface area contributed by atoms with Gasteiger partial charge in [-0.15, -0.1) is 0 Å². The van der Waals surface area contributed by atoms with E-state index in [1.807, 2.05) is 0 Å². The summed E-state index contributed by atoms with van der Waals surface area (Å²) in [6.07, 6.45) is 65.0. The van der Waals surface area contributed by atoms with Gasteiger partial charge in [0.1, 0.15) is 13.2 Å². The third-order valence-electron chi connectivity index (χ3n) is 13.2. The summed E-state index contributed by atoms with van der Waals surface area (Å²) >= 11 is 0. The maximum absolute atomic E-state index is 12.8.